The van der Waals surface area contributed by atoms with Gasteiger partial charge in [-0.3, -0.25) is 9.59 Å². The Balaban J connectivity index is 1.73. The van der Waals surface area contributed by atoms with Crippen LogP contribution in [-0.2, 0) is 22.6 Å². The number of hydrogen-bond donors (Lipinski definition) is 0. The number of amides is 2. The fourth-order valence-electron chi connectivity index (χ4n) is 3.66. The highest BCUT2D eigenvalue weighted by Gasteiger charge is 2.31. The number of nitrogens with zero attached hydrogens (tertiary/aromatic N) is 2. The maximum Gasteiger partial charge on any atom is 0.225 e. The zero-order valence-electron chi connectivity index (χ0n) is 16.1. The van der Waals surface area contributed by atoms with Crippen LogP contribution in [0.3, 0.4) is 0 Å². The molecule has 0 radical (unpaired) electrons. The summed E-state index contributed by atoms with van der Waals surface area (Å²) in [7, 11) is 1.83. The van der Waals surface area contributed by atoms with Gasteiger partial charge in [0.25, 0.3) is 0 Å². The SMILES string of the molecule is CSc1ccc(CN(C)C(=O)CC2c3ccccc3CCN2C(C)=O)cc1. The molecule has 3 rings (SSSR count). The van der Waals surface area contributed by atoms with E-state index < -0.39 is 0 Å². The molecule has 1 heterocycles. The van der Waals surface area contributed by atoms with Crippen LogP contribution in [0.5, 0.6) is 0 Å². The van der Waals surface area contributed by atoms with E-state index >= 15 is 0 Å². The minimum absolute atomic E-state index is 0.0256. The Labute approximate surface area is 165 Å². The second-order valence-electron chi connectivity index (χ2n) is 6.98. The van der Waals surface area contributed by atoms with E-state index in [0.29, 0.717) is 19.5 Å². The third-order valence-electron chi connectivity index (χ3n) is 5.19. The standard InChI is InChI=1S/C22H26N2O2S/c1-16(25)24-13-12-18-6-4-5-7-20(18)21(24)14-22(26)23(2)15-17-8-10-19(27-3)11-9-17/h4-11,21H,12-15H2,1-3H3. The van der Waals surface area contributed by atoms with Crippen molar-refractivity contribution >= 4 is 23.6 Å². The Kier molecular flexibility index (Phi) is 6.22. The number of carbonyl (C=O) groups is 2. The van der Waals surface area contributed by atoms with Gasteiger partial charge >= 0.3 is 0 Å². The Morgan fingerprint density at radius 3 is 2.52 bits per heavy atom. The average molecular weight is 383 g/mol. The van der Waals surface area contributed by atoms with Crippen LogP contribution in [0.2, 0.25) is 0 Å². The van der Waals surface area contributed by atoms with Gasteiger partial charge in [0, 0.05) is 32.0 Å². The molecule has 2 amide bonds. The minimum Gasteiger partial charge on any atom is -0.341 e. The van der Waals surface area contributed by atoms with Crippen LogP contribution in [0, 0.1) is 0 Å². The number of benzene rings is 2. The molecule has 0 aliphatic carbocycles. The second-order valence-corrected chi connectivity index (χ2v) is 7.86. The Morgan fingerprint density at radius 2 is 1.85 bits per heavy atom. The Morgan fingerprint density at radius 1 is 1.15 bits per heavy atom. The summed E-state index contributed by atoms with van der Waals surface area (Å²) in [6.45, 7) is 2.83. The molecule has 0 bridgehead atoms. The number of hydrogen-bond acceptors (Lipinski definition) is 3. The summed E-state index contributed by atoms with van der Waals surface area (Å²) in [5.74, 6) is 0.0782. The summed E-state index contributed by atoms with van der Waals surface area (Å²) in [5.41, 5.74) is 3.45. The van der Waals surface area contributed by atoms with Gasteiger partial charge in [-0.25, -0.2) is 0 Å². The predicted octanol–water partition coefficient (Wildman–Crippen LogP) is 3.90. The monoisotopic (exact) mass is 382 g/mol. The lowest BCUT2D eigenvalue weighted by atomic mass is 9.90. The van der Waals surface area contributed by atoms with Crippen LogP contribution in [-0.4, -0.2) is 41.5 Å². The smallest absolute Gasteiger partial charge is 0.225 e. The molecule has 5 heteroatoms. The highest BCUT2D eigenvalue weighted by molar-refractivity contribution is 7.98. The van der Waals surface area contributed by atoms with Gasteiger partial charge in [-0.2, -0.15) is 0 Å². The zero-order valence-corrected chi connectivity index (χ0v) is 17.0. The molecule has 0 saturated heterocycles. The van der Waals surface area contributed by atoms with Crippen molar-refractivity contribution in [3.8, 4) is 0 Å². The molecular formula is C22H26N2O2S. The van der Waals surface area contributed by atoms with Crippen molar-refractivity contribution in [1.29, 1.82) is 0 Å². The summed E-state index contributed by atoms with van der Waals surface area (Å²) in [4.78, 5) is 29.8. The van der Waals surface area contributed by atoms with E-state index in [2.05, 4.69) is 30.3 Å². The van der Waals surface area contributed by atoms with E-state index in [1.165, 1.54) is 10.5 Å². The van der Waals surface area contributed by atoms with E-state index in [0.717, 1.165) is 17.5 Å². The lowest BCUT2D eigenvalue weighted by molar-refractivity contribution is -0.136. The van der Waals surface area contributed by atoms with Crippen LogP contribution in [0.15, 0.2) is 53.4 Å². The average Bonchev–Trinajstić information content (AvgIpc) is 2.68. The minimum atomic E-state index is -0.179. The molecular weight excluding hydrogens is 356 g/mol. The third kappa shape index (κ3) is 4.53. The first-order valence-corrected chi connectivity index (χ1v) is 10.4. The zero-order chi connectivity index (χ0) is 19.4. The molecule has 0 N–H and O–H groups in total. The molecule has 2 aromatic carbocycles. The van der Waals surface area contributed by atoms with Gasteiger partial charge in [0.05, 0.1) is 12.5 Å². The lowest BCUT2D eigenvalue weighted by Crippen LogP contribution is -2.41. The van der Waals surface area contributed by atoms with Crippen molar-refractivity contribution < 1.29 is 9.59 Å². The van der Waals surface area contributed by atoms with Crippen LogP contribution in [0.1, 0.15) is 36.1 Å². The fourth-order valence-corrected chi connectivity index (χ4v) is 4.07. The molecule has 1 unspecified atom stereocenters. The number of carbonyl (C=O) groups excluding carboxylic acids is 2. The number of fused-ring (bicyclic) bond motifs is 1. The van der Waals surface area contributed by atoms with Crippen molar-refractivity contribution in [2.75, 3.05) is 19.8 Å². The summed E-state index contributed by atoms with van der Waals surface area (Å²) >= 11 is 1.70. The van der Waals surface area contributed by atoms with Crippen molar-refractivity contribution in [3.63, 3.8) is 0 Å². The van der Waals surface area contributed by atoms with Crippen LogP contribution < -0.4 is 0 Å². The molecule has 1 aliphatic rings. The van der Waals surface area contributed by atoms with E-state index in [4.69, 9.17) is 0 Å². The first-order valence-electron chi connectivity index (χ1n) is 9.21. The molecule has 27 heavy (non-hydrogen) atoms. The summed E-state index contributed by atoms with van der Waals surface area (Å²) < 4.78 is 0. The molecule has 0 aromatic heterocycles. The van der Waals surface area contributed by atoms with Crippen molar-refractivity contribution in [3.05, 3.63) is 65.2 Å². The van der Waals surface area contributed by atoms with E-state index in [-0.39, 0.29) is 17.9 Å². The maximum atomic E-state index is 12.9. The number of rotatable bonds is 5. The molecule has 0 spiro atoms. The van der Waals surface area contributed by atoms with E-state index in [1.54, 1.807) is 23.6 Å². The first-order chi connectivity index (χ1) is 13.0. The molecule has 0 fully saturated rings. The second kappa shape index (κ2) is 8.61. The van der Waals surface area contributed by atoms with Gasteiger partial charge in [-0.1, -0.05) is 36.4 Å². The van der Waals surface area contributed by atoms with Gasteiger partial charge in [-0.15, -0.1) is 11.8 Å². The van der Waals surface area contributed by atoms with Gasteiger partial charge in [-0.05, 0) is 41.5 Å². The molecule has 1 aliphatic heterocycles. The van der Waals surface area contributed by atoms with Crippen LogP contribution in [0.25, 0.3) is 0 Å². The number of thioether (sulfide) groups is 1. The van der Waals surface area contributed by atoms with Gasteiger partial charge < -0.3 is 9.80 Å². The van der Waals surface area contributed by atoms with Crippen LogP contribution >= 0.6 is 11.8 Å². The highest BCUT2D eigenvalue weighted by Crippen LogP contribution is 2.32. The molecule has 0 saturated carbocycles. The first kappa shape index (κ1) is 19.5. The van der Waals surface area contributed by atoms with E-state index in [1.807, 2.05) is 36.4 Å². The predicted molar refractivity (Wildman–Crippen MR) is 110 cm³/mol. The Hall–Kier alpha value is -2.27. The third-order valence-corrected chi connectivity index (χ3v) is 5.93. The molecule has 4 nitrogen and oxygen atoms in total. The Bertz CT molecular complexity index is 819. The van der Waals surface area contributed by atoms with E-state index in [9.17, 15) is 9.59 Å². The molecule has 2 aromatic rings. The summed E-state index contributed by atoms with van der Waals surface area (Å²) in [5, 5.41) is 0. The normalized spacial score (nSPS) is 16.0. The highest BCUT2D eigenvalue weighted by atomic mass is 32.2. The maximum absolute atomic E-state index is 12.9. The summed E-state index contributed by atoms with van der Waals surface area (Å²) in [6.07, 6.45) is 3.21. The van der Waals surface area contributed by atoms with Gasteiger partial charge in [0.15, 0.2) is 0 Å². The van der Waals surface area contributed by atoms with Crippen LogP contribution in [0.4, 0.5) is 0 Å². The van der Waals surface area contributed by atoms with Crippen molar-refractivity contribution in [1.82, 2.24) is 9.80 Å². The lowest BCUT2D eigenvalue weighted by Gasteiger charge is -2.37. The topological polar surface area (TPSA) is 40.6 Å². The van der Waals surface area contributed by atoms with Gasteiger partial charge in [0.1, 0.15) is 0 Å². The van der Waals surface area contributed by atoms with Gasteiger partial charge in [0.2, 0.25) is 11.8 Å². The van der Waals surface area contributed by atoms with Crippen molar-refractivity contribution in [2.24, 2.45) is 0 Å². The molecule has 142 valence electrons. The van der Waals surface area contributed by atoms with Crippen molar-refractivity contribution in [2.45, 2.75) is 37.2 Å². The quantitative estimate of drug-likeness (QED) is 0.737. The fraction of sp³-hybridized carbons (Fsp3) is 0.364. The molecule has 1 atom stereocenters. The largest absolute Gasteiger partial charge is 0.341 e. The summed E-state index contributed by atoms with van der Waals surface area (Å²) in [6, 6.07) is 16.2.